The molecule has 1 atom stereocenters. The van der Waals surface area contributed by atoms with E-state index in [9.17, 15) is 9.46 Å². The van der Waals surface area contributed by atoms with E-state index in [1.807, 2.05) is 0 Å². The third-order valence-electron chi connectivity index (χ3n) is 1.50. The summed E-state index contributed by atoms with van der Waals surface area (Å²) in [5, 5.41) is 0.319. The molecule has 0 radical (unpaired) electrons. The molecule has 0 saturated heterocycles. The fraction of sp³-hybridized carbons (Fsp3) is 0.250. The average Bonchev–Trinajstić information content (AvgIpc) is 2.15. The first kappa shape index (κ1) is 12.0. The molecule has 0 saturated carbocycles. The van der Waals surface area contributed by atoms with E-state index in [1.165, 1.54) is 12.1 Å². The highest BCUT2D eigenvalue weighted by molar-refractivity contribution is 7.61. The Balaban J connectivity index is 2.92. The Morgan fingerprint density at radius 3 is 2.64 bits per heavy atom. The number of alkyl halides is 1. The Morgan fingerprint density at radius 1 is 1.43 bits per heavy atom. The topological polar surface area (TPSA) is 46.5 Å². The summed E-state index contributed by atoms with van der Waals surface area (Å²) in [6.45, 7) is 0.0144. The van der Waals surface area contributed by atoms with Crippen LogP contribution in [0.15, 0.2) is 24.3 Å². The van der Waals surface area contributed by atoms with E-state index in [1.54, 1.807) is 12.1 Å². The van der Waals surface area contributed by atoms with Gasteiger partial charge in [-0.3, -0.25) is 4.57 Å². The van der Waals surface area contributed by atoms with Gasteiger partial charge in [-0.2, -0.15) is 0 Å². The summed E-state index contributed by atoms with van der Waals surface area (Å²) in [5.41, 5.74) is 0. The molecule has 1 unspecified atom stereocenters. The zero-order chi connectivity index (χ0) is 10.6. The molecule has 1 rings (SSSR count). The molecule has 1 aromatic rings. The Kier molecular flexibility index (Phi) is 4.42. The molecule has 0 spiro atoms. The van der Waals surface area contributed by atoms with Gasteiger partial charge >= 0.3 is 7.60 Å². The molecule has 0 aliphatic carbocycles. The summed E-state index contributed by atoms with van der Waals surface area (Å²) in [7, 11) is -3.82. The van der Waals surface area contributed by atoms with Gasteiger partial charge in [0.15, 0.2) is 0 Å². The smallest absolute Gasteiger partial charge is 0.321 e. The minimum absolute atomic E-state index is 0.0144. The Labute approximate surface area is 92.1 Å². The van der Waals surface area contributed by atoms with Crippen LogP contribution in [0.3, 0.4) is 0 Å². The maximum absolute atomic E-state index is 11.6. The van der Waals surface area contributed by atoms with Crippen LogP contribution in [0.1, 0.15) is 0 Å². The predicted octanol–water partition coefficient (Wildman–Crippen LogP) is 2.41. The maximum Gasteiger partial charge on any atom is 0.360 e. The minimum Gasteiger partial charge on any atom is -0.321 e. The molecule has 0 fully saturated rings. The van der Waals surface area contributed by atoms with Crippen LogP contribution in [0.2, 0.25) is 5.02 Å². The number of halogens is 2. The van der Waals surface area contributed by atoms with Crippen LogP contribution in [0.4, 0.5) is 0 Å². The van der Waals surface area contributed by atoms with Crippen LogP contribution < -0.4 is 5.30 Å². The van der Waals surface area contributed by atoms with Crippen LogP contribution >= 0.6 is 30.8 Å². The number of hydrogen-bond donors (Lipinski definition) is 1. The largest absolute Gasteiger partial charge is 0.360 e. The molecule has 0 aliphatic rings. The Morgan fingerprint density at radius 2 is 2.07 bits per heavy atom. The first-order chi connectivity index (χ1) is 6.58. The summed E-state index contributed by atoms with van der Waals surface area (Å²) in [6, 6.07) is 6.28. The molecule has 78 valence electrons. The highest BCUT2D eigenvalue weighted by Gasteiger charge is 2.24. The molecule has 3 nitrogen and oxygen atoms in total. The lowest BCUT2D eigenvalue weighted by atomic mass is 10.4. The number of rotatable bonds is 4. The van der Waals surface area contributed by atoms with Crippen LogP contribution in [0.25, 0.3) is 0 Å². The van der Waals surface area contributed by atoms with E-state index < -0.39 is 7.60 Å². The molecular weight excluding hydrogens is 246 g/mol. The molecule has 0 heterocycles. The highest BCUT2D eigenvalue weighted by Crippen LogP contribution is 2.42. The Bertz CT molecular complexity index is 356. The SMILES string of the molecule is O=P(O)(OCCCl)c1ccccc1Cl. The van der Waals surface area contributed by atoms with Gasteiger partial charge in [-0.25, -0.2) is 0 Å². The van der Waals surface area contributed by atoms with Crippen molar-refractivity contribution < 1.29 is 14.0 Å². The minimum atomic E-state index is -3.82. The van der Waals surface area contributed by atoms with Gasteiger partial charge in [0, 0.05) is 5.88 Å². The van der Waals surface area contributed by atoms with Crippen LogP contribution in [0, 0.1) is 0 Å². The van der Waals surface area contributed by atoms with Gasteiger partial charge in [0.2, 0.25) is 0 Å². The van der Waals surface area contributed by atoms with E-state index in [0.717, 1.165) is 0 Å². The second-order valence-electron chi connectivity index (χ2n) is 2.49. The van der Waals surface area contributed by atoms with E-state index in [2.05, 4.69) is 0 Å². The third kappa shape index (κ3) is 2.97. The highest BCUT2D eigenvalue weighted by atomic mass is 35.5. The molecule has 14 heavy (non-hydrogen) atoms. The molecule has 0 aromatic heterocycles. The molecular formula is C8H9Cl2O3P. The van der Waals surface area contributed by atoms with Gasteiger partial charge in [-0.15, -0.1) is 11.6 Å². The van der Waals surface area contributed by atoms with Crippen LogP contribution in [-0.4, -0.2) is 17.4 Å². The number of benzene rings is 1. The molecule has 1 aromatic carbocycles. The van der Waals surface area contributed by atoms with Gasteiger partial charge in [-0.1, -0.05) is 23.7 Å². The van der Waals surface area contributed by atoms with Crippen molar-refractivity contribution in [2.24, 2.45) is 0 Å². The van der Waals surface area contributed by atoms with Gasteiger partial charge < -0.3 is 9.42 Å². The van der Waals surface area contributed by atoms with E-state index in [4.69, 9.17) is 27.7 Å². The average molecular weight is 255 g/mol. The van der Waals surface area contributed by atoms with E-state index in [0.29, 0.717) is 0 Å². The number of hydrogen-bond acceptors (Lipinski definition) is 2. The summed E-state index contributed by atoms with van der Waals surface area (Å²) in [5.74, 6) is 0.162. The predicted molar refractivity (Wildman–Crippen MR) is 57.6 cm³/mol. The zero-order valence-electron chi connectivity index (χ0n) is 7.19. The summed E-state index contributed by atoms with van der Waals surface area (Å²) >= 11 is 11.1. The van der Waals surface area contributed by atoms with Gasteiger partial charge in [0.05, 0.1) is 16.9 Å². The van der Waals surface area contributed by atoms with Crippen molar-refractivity contribution in [3.8, 4) is 0 Å². The van der Waals surface area contributed by atoms with Crippen LogP contribution in [0.5, 0.6) is 0 Å². The standard InChI is InChI=1S/C8H9Cl2O3P/c9-5-6-13-14(11,12)8-4-2-1-3-7(8)10/h1-4H,5-6H2,(H,11,12). The quantitative estimate of drug-likeness (QED) is 0.663. The van der Waals surface area contributed by atoms with Gasteiger partial charge in [0.1, 0.15) is 0 Å². The lowest BCUT2D eigenvalue weighted by molar-refractivity contribution is 0.285. The molecule has 6 heteroatoms. The van der Waals surface area contributed by atoms with Crippen molar-refractivity contribution in [1.82, 2.24) is 0 Å². The summed E-state index contributed by atoms with van der Waals surface area (Å²) in [6.07, 6.45) is 0. The fourth-order valence-electron chi connectivity index (χ4n) is 0.909. The van der Waals surface area contributed by atoms with Crippen LogP contribution in [-0.2, 0) is 9.09 Å². The van der Waals surface area contributed by atoms with Crippen molar-refractivity contribution >= 4 is 36.1 Å². The second-order valence-corrected chi connectivity index (χ2v) is 5.06. The van der Waals surface area contributed by atoms with E-state index >= 15 is 0 Å². The fourth-order valence-corrected chi connectivity index (χ4v) is 2.65. The molecule has 0 bridgehead atoms. The van der Waals surface area contributed by atoms with Crippen molar-refractivity contribution in [3.63, 3.8) is 0 Å². The van der Waals surface area contributed by atoms with Crippen molar-refractivity contribution in [1.29, 1.82) is 0 Å². The lowest BCUT2D eigenvalue weighted by Crippen LogP contribution is -2.09. The molecule has 0 aliphatic heterocycles. The van der Waals surface area contributed by atoms with Crippen molar-refractivity contribution in [2.45, 2.75) is 0 Å². The van der Waals surface area contributed by atoms with Gasteiger partial charge in [-0.05, 0) is 12.1 Å². The maximum atomic E-state index is 11.6. The van der Waals surface area contributed by atoms with E-state index in [-0.39, 0.29) is 22.8 Å². The third-order valence-corrected chi connectivity index (χ3v) is 3.65. The first-order valence-electron chi connectivity index (χ1n) is 3.86. The lowest BCUT2D eigenvalue weighted by Gasteiger charge is -2.12. The second kappa shape index (κ2) is 5.15. The monoisotopic (exact) mass is 254 g/mol. The molecule has 0 amide bonds. The van der Waals surface area contributed by atoms with Crippen molar-refractivity contribution in [2.75, 3.05) is 12.5 Å². The summed E-state index contributed by atoms with van der Waals surface area (Å²) < 4.78 is 16.3. The summed E-state index contributed by atoms with van der Waals surface area (Å²) in [4.78, 5) is 9.49. The van der Waals surface area contributed by atoms with Gasteiger partial charge in [0.25, 0.3) is 0 Å². The zero-order valence-corrected chi connectivity index (χ0v) is 9.60. The first-order valence-corrected chi connectivity index (χ1v) is 6.35. The normalized spacial score (nSPS) is 15.1. The van der Waals surface area contributed by atoms with Crippen molar-refractivity contribution in [3.05, 3.63) is 29.3 Å². The molecule has 1 N–H and O–H groups in total. The Hall–Kier alpha value is -0.0500.